The van der Waals surface area contributed by atoms with E-state index in [2.05, 4.69) is 45.6 Å². The number of halogens is 3. The Bertz CT molecular complexity index is 299. The van der Waals surface area contributed by atoms with Gasteiger partial charge in [0.15, 0.2) is 0 Å². The summed E-state index contributed by atoms with van der Waals surface area (Å²) in [4.78, 5) is 12.3. The molecule has 3 rings (SSSR count). The molecule has 1 atom stereocenters. The Balaban J connectivity index is 0. The average Bonchev–Trinajstić information content (AvgIpc) is 2.43. The van der Waals surface area contributed by atoms with E-state index in [1.54, 1.807) is 0 Å². The molecule has 3 aliphatic rings. The van der Waals surface area contributed by atoms with Crippen molar-refractivity contribution in [3.05, 3.63) is 0 Å². The molecule has 3 heterocycles. The van der Waals surface area contributed by atoms with Crippen LogP contribution in [0.4, 0.5) is 0 Å². The minimum Gasteiger partial charge on any atom is -1.00 e. The second-order valence-electron chi connectivity index (χ2n) is 6.68. The monoisotopic (exact) mass is 442 g/mol. The molecule has 2 bridgehead atoms. The molecule has 1 unspecified atom stereocenters. The van der Waals surface area contributed by atoms with Crippen LogP contribution in [0.1, 0.15) is 0 Å². The van der Waals surface area contributed by atoms with Crippen molar-refractivity contribution >= 4 is 11.6 Å². The Kier molecular flexibility index (Phi) is 16.3. The quantitative estimate of drug-likeness (QED) is 0.210. The molecule has 3 saturated heterocycles. The van der Waals surface area contributed by atoms with E-state index in [0.29, 0.717) is 0 Å². The van der Waals surface area contributed by atoms with E-state index in [4.69, 9.17) is 11.6 Å². The Morgan fingerprint density at radius 3 is 1.46 bits per heavy atom. The fourth-order valence-corrected chi connectivity index (χ4v) is 3.38. The van der Waals surface area contributed by atoms with Gasteiger partial charge in [0.1, 0.15) is 0 Å². The van der Waals surface area contributed by atoms with Crippen LogP contribution in [0, 0.1) is 0 Å². The summed E-state index contributed by atoms with van der Waals surface area (Å²) in [5.74, 6) is 0. The van der Waals surface area contributed by atoms with Crippen LogP contribution in [0.2, 0.25) is 0 Å². The van der Waals surface area contributed by atoms with Gasteiger partial charge >= 0.3 is 17.1 Å². The summed E-state index contributed by atoms with van der Waals surface area (Å²) >= 11 is 6.69. The average molecular weight is 444 g/mol. The van der Waals surface area contributed by atoms with Crippen molar-refractivity contribution < 1.29 is 41.9 Å². The first kappa shape index (κ1) is 27.4. The molecule has 145 valence electrons. The SMILES string of the molecule is CN1CCN2CCN(C)CCN(CC1)C(Cl)CN(C)CC2.[Cl-].[Cl-].[Mn+2]. The van der Waals surface area contributed by atoms with E-state index in [1.807, 2.05) is 0 Å². The van der Waals surface area contributed by atoms with E-state index < -0.39 is 0 Å². The molecule has 9 heteroatoms. The van der Waals surface area contributed by atoms with E-state index in [9.17, 15) is 0 Å². The first-order chi connectivity index (χ1) is 10.0. The molecular weight excluding hydrogens is 411 g/mol. The topological polar surface area (TPSA) is 16.2 Å². The van der Waals surface area contributed by atoms with Crippen molar-refractivity contribution in [2.24, 2.45) is 0 Å². The maximum absolute atomic E-state index is 6.69. The van der Waals surface area contributed by atoms with Crippen LogP contribution in [0.15, 0.2) is 0 Å². The van der Waals surface area contributed by atoms with Crippen molar-refractivity contribution in [2.45, 2.75) is 5.50 Å². The van der Waals surface area contributed by atoms with Crippen LogP contribution in [0.3, 0.4) is 0 Å². The largest absolute Gasteiger partial charge is 2.00 e. The van der Waals surface area contributed by atoms with Crippen molar-refractivity contribution in [2.75, 3.05) is 93.1 Å². The zero-order valence-corrected chi connectivity index (χ0v) is 18.6. The summed E-state index contributed by atoms with van der Waals surface area (Å²) in [6, 6.07) is 0. The van der Waals surface area contributed by atoms with Crippen molar-refractivity contribution in [3.63, 3.8) is 0 Å². The van der Waals surface area contributed by atoms with E-state index in [0.717, 1.165) is 58.9 Å². The third-order valence-corrected chi connectivity index (χ3v) is 5.20. The van der Waals surface area contributed by atoms with Crippen LogP contribution in [-0.2, 0) is 17.1 Å². The van der Waals surface area contributed by atoms with Crippen LogP contribution in [0.25, 0.3) is 0 Å². The van der Waals surface area contributed by atoms with Gasteiger partial charge in [0.05, 0.1) is 5.50 Å². The van der Waals surface area contributed by atoms with E-state index >= 15 is 0 Å². The first-order valence-electron chi connectivity index (χ1n) is 8.20. The molecule has 0 aromatic carbocycles. The normalized spacial score (nSPS) is 31.8. The zero-order chi connectivity index (χ0) is 15.2. The molecule has 5 nitrogen and oxygen atoms in total. The molecule has 24 heavy (non-hydrogen) atoms. The number of rotatable bonds is 0. The fourth-order valence-electron chi connectivity index (χ4n) is 2.95. The first-order valence-corrected chi connectivity index (χ1v) is 8.64. The molecule has 3 fully saturated rings. The second kappa shape index (κ2) is 14.3. The second-order valence-corrected chi connectivity index (χ2v) is 7.18. The number of hydrogen-bond acceptors (Lipinski definition) is 5. The maximum Gasteiger partial charge on any atom is 2.00 e. The van der Waals surface area contributed by atoms with Crippen LogP contribution < -0.4 is 24.8 Å². The Morgan fingerprint density at radius 1 is 0.625 bits per heavy atom. The molecule has 0 aliphatic carbocycles. The van der Waals surface area contributed by atoms with Crippen LogP contribution in [-0.4, -0.2) is 123 Å². The molecule has 0 spiro atoms. The van der Waals surface area contributed by atoms with E-state index in [-0.39, 0.29) is 47.4 Å². The van der Waals surface area contributed by atoms with Gasteiger partial charge < -0.3 is 39.5 Å². The molecular formula is C15H32Cl3MnN5. The third-order valence-electron chi connectivity index (χ3n) is 4.79. The number of fused-ring (bicyclic) bond motifs is 12. The minimum absolute atomic E-state index is 0. The fraction of sp³-hybridized carbons (Fsp3) is 1.00. The summed E-state index contributed by atoms with van der Waals surface area (Å²) < 4.78 is 0. The molecule has 0 aromatic rings. The summed E-state index contributed by atoms with van der Waals surface area (Å²) in [6.45, 7) is 12.1. The standard InChI is InChI=1S/C15H32ClN5.2ClH.Mn/c1-17-4-9-20-10-5-18(2)8-13-21(12-7-17)15(16)14-19(3)6-11-20;;;/h15H,4-14H2,1-3H3;2*1H;/q;;;+2/p-2. The van der Waals surface area contributed by atoms with Gasteiger partial charge in [-0.15, -0.1) is 11.6 Å². The third kappa shape index (κ3) is 9.77. The number of hydrogen-bond donors (Lipinski definition) is 0. The van der Waals surface area contributed by atoms with Gasteiger partial charge in [0.2, 0.25) is 0 Å². The predicted octanol–water partition coefficient (Wildman–Crippen LogP) is -6.02. The van der Waals surface area contributed by atoms with Crippen molar-refractivity contribution in [3.8, 4) is 0 Å². The molecule has 1 radical (unpaired) electrons. The Morgan fingerprint density at radius 2 is 1.00 bits per heavy atom. The zero-order valence-electron chi connectivity index (χ0n) is 15.1. The summed E-state index contributed by atoms with van der Waals surface area (Å²) in [5.41, 5.74) is 0.115. The van der Waals surface area contributed by atoms with Gasteiger partial charge in [-0.2, -0.15) is 0 Å². The summed E-state index contributed by atoms with van der Waals surface area (Å²) in [6.07, 6.45) is 0. The van der Waals surface area contributed by atoms with Crippen LogP contribution >= 0.6 is 11.6 Å². The van der Waals surface area contributed by atoms with Gasteiger partial charge in [-0.1, -0.05) is 0 Å². The summed E-state index contributed by atoms with van der Waals surface area (Å²) in [5, 5.41) is 0. The smallest absolute Gasteiger partial charge is 1.00 e. The molecule has 0 aromatic heterocycles. The van der Waals surface area contributed by atoms with Gasteiger partial charge in [0.25, 0.3) is 0 Å². The molecule has 0 N–H and O–H groups in total. The Labute approximate surface area is 176 Å². The van der Waals surface area contributed by atoms with E-state index in [1.165, 1.54) is 13.1 Å². The summed E-state index contributed by atoms with van der Waals surface area (Å²) in [7, 11) is 6.66. The van der Waals surface area contributed by atoms with Crippen LogP contribution in [0.5, 0.6) is 0 Å². The molecule has 0 amide bonds. The van der Waals surface area contributed by atoms with Crippen molar-refractivity contribution in [1.82, 2.24) is 24.5 Å². The minimum atomic E-state index is 0. The number of alkyl halides is 1. The number of nitrogens with zero attached hydrogens (tertiary/aromatic N) is 5. The molecule has 0 saturated carbocycles. The van der Waals surface area contributed by atoms with Crippen molar-refractivity contribution in [1.29, 1.82) is 0 Å². The molecule has 3 aliphatic heterocycles. The van der Waals surface area contributed by atoms with Gasteiger partial charge in [-0.3, -0.25) is 9.80 Å². The van der Waals surface area contributed by atoms with Gasteiger partial charge in [-0.05, 0) is 21.1 Å². The predicted molar refractivity (Wildman–Crippen MR) is 90.1 cm³/mol. The number of likely N-dealkylation sites (N-methyl/N-ethyl adjacent to an activating group) is 3. The van der Waals surface area contributed by atoms with Gasteiger partial charge in [-0.25, -0.2) is 0 Å². The van der Waals surface area contributed by atoms with Gasteiger partial charge in [0, 0.05) is 72.0 Å². The Hall–Kier alpha value is 1.19. The maximum atomic E-state index is 6.69.